The average Bonchev–Trinajstić information content (AvgIpc) is 3.19. The van der Waals surface area contributed by atoms with Gasteiger partial charge in [-0.1, -0.05) is 99.6 Å². The minimum Gasteiger partial charge on any atom is -0.403 e. The van der Waals surface area contributed by atoms with Gasteiger partial charge in [-0.05, 0) is 33.0 Å². The van der Waals surface area contributed by atoms with Crippen molar-refractivity contribution >= 4 is 24.4 Å². The molecule has 0 spiro atoms. The van der Waals surface area contributed by atoms with E-state index in [1.54, 1.807) is 0 Å². The molecule has 1 heterocycles. The minimum atomic E-state index is -2.49. The van der Waals surface area contributed by atoms with Crippen LogP contribution in [-0.4, -0.2) is 14.9 Å². The Kier molecular flexibility index (Phi) is 5.13. The Morgan fingerprint density at radius 3 is 2.00 bits per heavy atom. The molecule has 3 aromatic carbocycles. The number of hydrogen-bond donors (Lipinski definition) is 1. The summed E-state index contributed by atoms with van der Waals surface area (Å²) in [4.78, 5) is 0. The molecule has 2 nitrogen and oxygen atoms in total. The summed E-state index contributed by atoms with van der Waals surface area (Å²) in [5, 5.41) is 6.22. The van der Waals surface area contributed by atoms with Crippen LogP contribution >= 0.6 is 0 Å². The topological polar surface area (TPSA) is 21.3 Å². The van der Waals surface area contributed by atoms with E-state index in [9.17, 15) is 0 Å². The van der Waals surface area contributed by atoms with E-state index in [2.05, 4.69) is 105 Å². The molecule has 3 heteroatoms. The second-order valence-electron chi connectivity index (χ2n) is 8.58. The van der Waals surface area contributed by atoms with E-state index < -0.39 is 8.32 Å². The van der Waals surface area contributed by atoms with E-state index in [4.69, 9.17) is 4.43 Å². The van der Waals surface area contributed by atoms with Gasteiger partial charge in [0.2, 0.25) is 0 Å². The Hall–Kier alpha value is -2.36. The maximum absolute atomic E-state index is 7.08. The molecule has 1 aliphatic rings. The lowest BCUT2D eigenvalue weighted by Crippen LogP contribution is -2.66. The predicted octanol–water partition coefficient (Wildman–Crippen LogP) is 4.73. The van der Waals surface area contributed by atoms with Gasteiger partial charge < -0.3 is 9.74 Å². The fraction of sp³-hybridized carbons (Fsp3) is 0.280. The first-order chi connectivity index (χ1) is 13.5. The van der Waals surface area contributed by atoms with Crippen LogP contribution in [0, 0.1) is 0 Å². The third kappa shape index (κ3) is 3.29. The molecule has 0 saturated heterocycles. The Balaban J connectivity index is 1.81. The fourth-order valence-corrected chi connectivity index (χ4v) is 9.01. The highest BCUT2D eigenvalue weighted by atomic mass is 28.4. The highest BCUT2D eigenvalue weighted by Crippen LogP contribution is 2.38. The summed E-state index contributed by atoms with van der Waals surface area (Å²) in [6.45, 7) is 8.63. The molecule has 28 heavy (non-hydrogen) atoms. The van der Waals surface area contributed by atoms with E-state index in [0.29, 0.717) is 6.61 Å². The van der Waals surface area contributed by atoms with Gasteiger partial charge >= 0.3 is 0 Å². The number of fused-ring (bicyclic) bond motifs is 1. The molecular weight excluding hydrogens is 358 g/mol. The Labute approximate surface area is 169 Å². The van der Waals surface area contributed by atoms with Crippen LogP contribution in [-0.2, 0) is 17.5 Å². The molecule has 1 N–H and O–H groups in total. The standard InChI is InChI=1S/C25H29NOSi/c1-25(2,3)28(22-13-6-4-7-14-22,23-15-8-5-9-16-23)27-19-21-12-10-11-20-17-18-26-24(20)21/h4-16,26H,17-19H2,1-3H3. The summed E-state index contributed by atoms with van der Waals surface area (Å²) in [6.07, 6.45) is 1.10. The van der Waals surface area contributed by atoms with Crippen molar-refractivity contribution in [2.45, 2.75) is 38.8 Å². The number of para-hydroxylation sites is 1. The lowest BCUT2D eigenvalue weighted by atomic mass is 10.1. The van der Waals surface area contributed by atoms with Crippen LogP contribution in [0.25, 0.3) is 0 Å². The van der Waals surface area contributed by atoms with Crippen LogP contribution in [0.4, 0.5) is 5.69 Å². The van der Waals surface area contributed by atoms with E-state index in [1.807, 2.05) is 0 Å². The van der Waals surface area contributed by atoms with E-state index in [1.165, 1.54) is 27.2 Å². The molecule has 144 valence electrons. The van der Waals surface area contributed by atoms with Crippen LogP contribution < -0.4 is 15.7 Å². The highest BCUT2D eigenvalue weighted by molar-refractivity contribution is 6.99. The largest absolute Gasteiger partial charge is 0.403 e. The maximum Gasteiger partial charge on any atom is 0.261 e. The molecule has 0 aliphatic carbocycles. The van der Waals surface area contributed by atoms with Crippen LogP contribution in [0.5, 0.6) is 0 Å². The molecule has 1 aliphatic heterocycles. The van der Waals surface area contributed by atoms with Crippen molar-refractivity contribution in [3.8, 4) is 0 Å². The summed E-state index contributed by atoms with van der Waals surface area (Å²) in [6, 6.07) is 28.3. The number of nitrogens with one attached hydrogen (secondary N) is 1. The van der Waals surface area contributed by atoms with Crippen molar-refractivity contribution in [2.75, 3.05) is 11.9 Å². The first kappa shape index (κ1) is 19.0. The third-order valence-corrected chi connectivity index (χ3v) is 10.8. The van der Waals surface area contributed by atoms with Crippen molar-refractivity contribution in [1.29, 1.82) is 0 Å². The van der Waals surface area contributed by atoms with Crippen molar-refractivity contribution in [2.24, 2.45) is 0 Å². The zero-order chi connectivity index (χ0) is 19.6. The summed E-state index contributed by atoms with van der Waals surface area (Å²) in [5.74, 6) is 0. The Morgan fingerprint density at radius 2 is 1.43 bits per heavy atom. The smallest absolute Gasteiger partial charge is 0.261 e. The van der Waals surface area contributed by atoms with Gasteiger partial charge in [-0.2, -0.15) is 0 Å². The van der Waals surface area contributed by atoms with E-state index in [-0.39, 0.29) is 5.04 Å². The molecule has 0 fully saturated rings. The van der Waals surface area contributed by atoms with Crippen LogP contribution in [0.2, 0.25) is 5.04 Å². The second kappa shape index (κ2) is 7.57. The highest BCUT2D eigenvalue weighted by Gasteiger charge is 2.50. The lowest BCUT2D eigenvalue weighted by Gasteiger charge is -2.43. The molecule has 0 amide bonds. The maximum atomic E-state index is 7.08. The van der Waals surface area contributed by atoms with Crippen LogP contribution in [0.1, 0.15) is 31.9 Å². The average molecular weight is 388 g/mol. The van der Waals surface area contributed by atoms with Gasteiger partial charge in [0.05, 0.1) is 6.61 Å². The van der Waals surface area contributed by atoms with Gasteiger partial charge in [-0.3, -0.25) is 0 Å². The van der Waals surface area contributed by atoms with Gasteiger partial charge in [-0.25, -0.2) is 0 Å². The fourth-order valence-electron chi connectivity index (χ4n) is 4.48. The first-order valence-electron chi connectivity index (χ1n) is 10.1. The summed E-state index contributed by atoms with van der Waals surface area (Å²) >= 11 is 0. The lowest BCUT2D eigenvalue weighted by molar-refractivity contribution is 0.287. The van der Waals surface area contributed by atoms with Gasteiger partial charge in [0.1, 0.15) is 0 Å². The van der Waals surface area contributed by atoms with Gasteiger partial charge in [0.25, 0.3) is 8.32 Å². The number of benzene rings is 3. The summed E-state index contributed by atoms with van der Waals surface area (Å²) in [7, 11) is -2.49. The first-order valence-corrected chi connectivity index (χ1v) is 12.0. The Morgan fingerprint density at radius 1 is 0.821 bits per heavy atom. The molecule has 0 saturated carbocycles. The molecule has 3 aromatic rings. The van der Waals surface area contributed by atoms with Gasteiger partial charge in [0.15, 0.2) is 0 Å². The van der Waals surface area contributed by atoms with Crippen LogP contribution in [0.15, 0.2) is 78.9 Å². The second-order valence-corrected chi connectivity index (χ2v) is 12.9. The third-order valence-electron chi connectivity index (χ3n) is 5.79. The molecule has 0 atom stereocenters. The normalized spacial score (nSPS) is 13.8. The van der Waals surface area contributed by atoms with Crippen LogP contribution in [0.3, 0.4) is 0 Å². The number of anilines is 1. The number of hydrogen-bond acceptors (Lipinski definition) is 2. The predicted molar refractivity (Wildman–Crippen MR) is 121 cm³/mol. The van der Waals surface area contributed by atoms with Crippen molar-refractivity contribution in [1.82, 2.24) is 0 Å². The SMILES string of the molecule is CC(C)(C)[Si](OCc1cccc2c1NCC2)(c1ccccc1)c1ccccc1. The van der Waals surface area contributed by atoms with E-state index >= 15 is 0 Å². The number of rotatable bonds is 5. The quantitative estimate of drug-likeness (QED) is 0.639. The van der Waals surface area contributed by atoms with E-state index in [0.717, 1.165) is 13.0 Å². The zero-order valence-corrected chi connectivity index (χ0v) is 18.0. The van der Waals surface area contributed by atoms with Gasteiger partial charge in [0, 0.05) is 12.2 Å². The molecule has 0 unspecified atom stereocenters. The van der Waals surface area contributed by atoms with Crippen molar-refractivity contribution in [3.05, 3.63) is 90.0 Å². The minimum absolute atomic E-state index is 0.00108. The van der Waals surface area contributed by atoms with Crippen molar-refractivity contribution < 1.29 is 4.43 Å². The zero-order valence-electron chi connectivity index (χ0n) is 17.0. The summed E-state index contributed by atoms with van der Waals surface area (Å²) < 4.78 is 7.08. The van der Waals surface area contributed by atoms with Gasteiger partial charge in [-0.15, -0.1) is 0 Å². The molecule has 0 bridgehead atoms. The van der Waals surface area contributed by atoms with Crippen molar-refractivity contribution in [3.63, 3.8) is 0 Å². The molecular formula is C25H29NOSi. The summed E-state index contributed by atoms with van der Waals surface area (Å²) in [5.41, 5.74) is 3.95. The molecule has 0 aromatic heterocycles. The molecule has 0 radical (unpaired) electrons. The monoisotopic (exact) mass is 387 g/mol. The molecule has 4 rings (SSSR count). The Bertz CT molecular complexity index is 892.